The van der Waals surface area contributed by atoms with E-state index in [1.165, 1.54) is 0 Å². The van der Waals surface area contributed by atoms with E-state index in [1.807, 2.05) is 20.9 Å². The predicted molar refractivity (Wildman–Crippen MR) is 77.9 cm³/mol. The van der Waals surface area contributed by atoms with E-state index in [2.05, 4.69) is 25.2 Å². The molecule has 0 bridgehead atoms. The van der Waals surface area contributed by atoms with Crippen LogP contribution in [-0.2, 0) is 4.74 Å². The quantitative estimate of drug-likeness (QED) is 0.665. The molecule has 0 fully saturated rings. The lowest BCUT2D eigenvalue weighted by Gasteiger charge is -2.16. The first kappa shape index (κ1) is 16.4. The lowest BCUT2D eigenvalue weighted by atomic mass is 10.5. The molecule has 0 saturated heterocycles. The zero-order valence-electron chi connectivity index (χ0n) is 12.6. The van der Waals surface area contributed by atoms with Gasteiger partial charge < -0.3 is 25.4 Å². The smallest absolute Gasteiger partial charge is 0.323 e. The summed E-state index contributed by atoms with van der Waals surface area (Å²) >= 11 is 0. The lowest BCUT2D eigenvalue weighted by molar-refractivity contribution is 0.163. The standard InChI is InChI=1S/C12H24N6O2/c1-9(2)20-12-16-10(13)15-11(17-12)14-5-6-18(3)7-8-19-4/h9H,5-8H2,1-4H3,(H3,13,14,15,16,17). The Kier molecular flexibility index (Phi) is 6.96. The topological polar surface area (TPSA) is 98.4 Å². The largest absolute Gasteiger partial charge is 0.461 e. The zero-order chi connectivity index (χ0) is 15.0. The van der Waals surface area contributed by atoms with Gasteiger partial charge >= 0.3 is 6.01 Å². The molecule has 8 nitrogen and oxygen atoms in total. The number of likely N-dealkylation sites (N-methyl/N-ethyl adjacent to an activating group) is 1. The third kappa shape index (κ3) is 6.48. The van der Waals surface area contributed by atoms with Crippen LogP contribution in [0.5, 0.6) is 6.01 Å². The monoisotopic (exact) mass is 284 g/mol. The van der Waals surface area contributed by atoms with Crippen LogP contribution in [0.3, 0.4) is 0 Å². The molecule has 0 radical (unpaired) electrons. The van der Waals surface area contributed by atoms with Crippen molar-refractivity contribution in [3.8, 4) is 6.01 Å². The zero-order valence-corrected chi connectivity index (χ0v) is 12.6. The van der Waals surface area contributed by atoms with E-state index in [1.54, 1.807) is 7.11 Å². The Balaban J connectivity index is 2.45. The van der Waals surface area contributed by atoms with E-state index in [-0.39, 0.29) is 18.1 Å². The average molecular weight is 284 g/mol. The molecule has 1 heterocycles. The number of hydrogen-bond acceptors (Lipinski definition) is 8. The first-order valence-corrected chi connectivity index (χ1v) is 6.60. The van der Waals surface area contributed by atoms with Crippen molar-refractivity contribution < 1.29 is 9.47 Å². The highest BCUT2D eigenvalue weighted by molar-refractivity contribution is 5.32. The van der Waals surface area contributed by atoms with Gasteiger partial charge in [0, 0.05) is 26.7 Å². The number of nitrogens with zero attached hydrogens (tertiary/aromatic N) is 4. The Morgan fingerprint density at radius 1 is 1.25 bits per heavy atom. The number of nitrogens with two attached hydrogens (primary N) is 1. The minimum atomic E-state index is -0.00942. The maximum atomic E-state index is 5.62. The van der Waals surface area contributed by atoms with Crippen LogP contribution in [0.2, 0.25) is 0 Å². The van der Waals surface area contributed by atoms with Crippen molar-refractivity contribution in [3.63, 3.8) is 0 Å². The van der Waals surface area contributed by atoms with Crippen LogP contribution in [0, 0.1) is 0 Å². The molecule has 20 heavy (non-hydrogen) atoms. The van der Waals surface area contributed by atoms with Gasteiger partial charge in [0.25, 0.3) is 0 Å². The summed E-state index contributed by atoms with van der Waals surface area (Å²) in [5.41, 5.74) is 5.62. The van der Waals surface area contributed by atoms with Gasteiger partial charge in [-0.1, -0.05) is 0 Å². The Morgan fingerprint density at radius 2 is 2.00 bits per heavy atom. The highest BCUT2D eigenvalue weighted by Crippen LogP contribution is 2.10. The van der Waals surface area contributed by atoms with Crippen LogP contribution in [0.25, 0.3) is 0 Å². The highest BCUT2D eigenvalue weighted by Gasteiger charge is 2.07. The van der Waals surface area contributed by atoms with Gasteiger partial charge in [0.15, 0.2) is 0 Å². The van der Waals surface area contributed by atoms with E-state index >= 15 is 0 Å². The van der Waals surface area contributed by atoms with Gasteiger partial charge in [0.05, 0.1) is 12.7 Å². The fourth-order valence-corrected chi connectivity index (χ4v) is 1.43. The number of aromatic nitrogens is 3. The SMILES string of the molecule is COCCN(C)CCNc1nc(N)nc(OC(C)C)n1. The molecule has 0 aliphatic carbocycles. The van der Waals surface area contributed by atoms with Gasteiger partial charge in [-0.2, -0.15) is 15.0 Å². The Morgan fingerprint density at radius 3 is 2.65 bits per heavy atom. The normalized spacial score (nSPS) is 11.1. The summed E-state index contributed by atoms with van der Waals surface area (Å²) in [5.74, 6) is 0.569. The molecule has 114 valence electrons. The molecule has 0 atom stereocenters. The second-order valence-electron chi connectivity index (χ2n) is 4.69. The molecule has 0 aromatic carbocycles. The number of methoxy groups -OCH3 is 1. The van der Waals surface area contributed by atoms with Gasteiger partial charge in [0.1, 0.15) is 0 Å². The Bertz CT molecular complexity index is 402. The summed E-state index contributed by atoms with van der Waals surface area (Å²) in [6, 6.07) is 0.239. The van der Waals surface area contributed by atoms with Crippen molar-refractivity contribution in [2.45, 2.75) is 20.0 Å². The summed E-state index contributed by atoms with van der Waals surface area (Å²) in [5, 5.41) is 3.10. The fourth-order valence-electron chi connectivity index (χ4n) is 1.43. The molecule has 1 aromatic heterocycles. The number of ether oxygens (including phenoxy) is 2. The van der Waals surface area contributed by atoms with Crippen LogP contribution in [0.15, 0.2) is 0 Å². The highest BCUT2D eigenvalue weighted by atomic mass is 16.5. The van der Waals surface area contributed by atoms with E-state index < -0.39 is 0 Å². The van der Waals surface area contributed by atoms with Crippen molar-refractivity contribution >= 4 is 11.9 Å². The first-order chi connectivity index (χ1) is 9.51. The van der Waals surface area contributed by atoms with Crippen molar-refractivity contribution in [2.24, 2.45) is 0 Å². The predicted octanol–water partition coefficient (Wildman–Crippen LogP) is 0.231. The summed E-state index contributed by atoms with van der Waals surface area (Å²) in [6.45, 7) is 6.93. The Labute approximate surface area is 119 Å². The molecule has 1 aromatic rings. The van der Waals surface area contributed by atoms with Gasteiger partial charge in [0.2, 0.25) is 11.9 Å². The average Bonchev–Trinajstić information content (AvgIpc) is 2.34. The van der Waals surface area contributed by atoms with Gasteiger partial charge in [-0.25, -0.2) is 0 Å². The van der Waals surface area contributed by atoms with E-state index in [4.69, 9.17) is 15.2 Å². The molecule has 0 amide bonds. The second kappa shape index (κ2) is 8.49. The summed E-state index contributed by atoms with van der Waals surface area (Å²) in [6.07, 6.45) is -0.00942. The van der Waals surface area contributed by atoms with Crippen LogP contribution < -0.4 is 15.8 Å². The number of hydrogen-bond donors (Lipinski definition) is 2. The molecule has 0 spiro atoms. The number of nitrogens with one attached hydrogen (secondary N) is 1. The maximum absolute atomic E-state index is 5.62. The van der Waals surface area contributed by atoms with Gasteiger partial charge in [-0.05, 0) is 20.9 Å². The van der Waals surface area contributed by atoms with Crippen molar-refractivity contribution in [3.05, 3.63) is 0 Å². The van der Waals surface area contributed by atoms with Crippen LogP contribution in [0.4, 0.5) is 11.9 Å². The first-order valence-electron chi connectivity index (χ1n) is 6.60. The second-order valence-corrected chi connectivity index (χ2v) is 4.69. The number of rotatable bonds is 9. The summed E-state index contributed by atoms with van der Waals surface area (Å²) < 4.78 is 10.4. The summed E-state index contributed by atoms with van der Waals surface area (Å²) in [7, 11) is 3.71. The number of nitrogen functional groups attached to an aromatic ring is 1. The van der Waals surface area contributed by atoms with Gasteiger partial charge in [-0.3, -0.25) is 0 Å². The molecule has 3 N–H and O–H groups in total. The van der Waals surface area contributed by atoms with Crippen molar-refractivity contribution in [1.29, 1.82) is 0 Å². The molecule has 0 saturated carbocycles. The van der Waals surface area contributed by atoms with E-state index in [0.29, 0.717) is 19.1 Å². The Hall–Kier alpha value is -1.67. The molecule has 0 unspecified atom stereocenters. The minimum Gasteiger partial charge on any atom is -0.461 e. The number of anilines is 2. The third-order valence-corrected chi connectivity index (χ3v) is 2.43. The van der Waals surface area contributed by atoms with Gasteiger partial charge in [-0.15, -0.1) is 0 Å². The van der Waals surface area contributed by atoms with E-state index in [9.17, 15) is 0 Å². The lowest BCUT2D eigenvalue weighted by Crippen LogP contribution is -2.28. The molecule has 0 aliphatic heterocycles. The van der Waals surface area contributed by atoms with E-state index in [0.717, 1.165) is 13.1 Å². The fraction of sp³-hybridized carbons (Fsp3) is 0.750. The third-order valence-electron chi connectivity index (χ3n) is 2.43. The van der Waals surface area contributed by atoms with Crippen LogP contribution in [-0.4, -0.2) is 66.4 Å². The van der Waals surface area contributed by atoms with Crippen LogP contribution >= 0.6 is 0 Å². The molecule has 1 rings (SSSR count). The maximum Gasteiger partial charge on any atom is 0.323 e. The minimum absolute atomic E-state index is 0.00942. The molecular formula is C12H24N6O2. The van der Waals surface area contributed by atoms with Crippen LogP contribution in [0.1, 0.15) is 13.8 Å². The molecular weight excluding hydrogens is 260 g/mol. The molecule has 8 heteroatoms. The molecule has 0 aliphatic rings. The van der Waals surface area contributed by atoms with Crippen molar-refractivity contribution in [1.82, 2.24) is 19.9 Å². The van der Waals surface area contributed by atoms with Crippen molar-refractivity contribution in [2.75, 3.05) is 51.4 Å². The summed E-state index contributed by atoms with van der Waals surface area (Å²) in [4.78, 5) is 14.2.